The Morgan fingerprint density at radius 2 is 1.73 bits per heavy atom. The summed E-state index contributed by atoms with van der Waals surface area (Å²) in [6.45, 7) is 2.64. The van der Waals surface area contributed by atoms with Gasteiger partial charge in [0.15, 0.2) is 0 Å². The van der Waals surface area contributed by atoms with Crippen LogP contribution in [0.1, 0.15) is 26.3 Å². The fraction of sp³-hybridized carbons (Fsp3) is 0.300. The van der Waals surface area contributed by atoms with E-state index in [1.165, 1.54) is 12.1 Å². The zero-order valence-electron chi connectivity index (χ0n) is 14.4. The maximum absolute atomic E-state index is 12.9. The van der Waals surface area contributed by atoms with Gasteiger partial charge in [-0.05, 0) is 42.3 Å². The molecule has 26 heavy (non-hydrogen) atoms. The minimum absolute atomic E-state index is 0.0886. The van der Waals surface area contributed by atoms with Crippen LogP contribution in [0.5, 0.6) is 0 Å². The number of nitrogens with one attached hydrogen (secondary N) is 1. The van der Waals surface area contributed by atoms with Gasteiger partial charge in [-0.25, -0.2) is 4.39 Å². The van der Waals surface area contributed by atoms with Crippen LogP contribution >= 0.6 is 0 Å². The van der Waals surface area contributed by atoms with Gasteiger partial charge >= 0.3 is 0 Å². The molecule has 0 spiro atoms. The normalized spacial score (nSPS) is 14.1. The molecule has 5 nitrogen and oxygen atoms in total. The third-order valence-corrected chi connectivity index (χ3v) is 4.28. The summed E-state index contributed by atoms with van der Waals surface area (Å²) in [5, 5.41) is 2.83. The second kappa shape index (κ2) is 8.58. The molecule has 0 aromatic heterocycles. The van der Waals surface area contributed by atoms with Crippen LogP contribution < -0.4 is 5.32 Å². The summed E-state index contributed by atoms with van der Waals surface area (Å²) in [4.78, 5) is 26.6. The first-order valence-corrected chi connectivity index (χ1v) is 8.63. The number of ether oxygens (including phenoxy) is 1. The van der Waals surface area contributed by atoms with E-state index in [2.05, 4.69) is 5.32 Å². The van der Waals surface area contributed by atoms with Crippen molar-refractivity contribution in [3.63, 3.8) is 0 Å². The van der Waals surface area contributed by atoms with Crippen molar-refractivity contribution >= 4 is 11.8 Å². The lowest BCUT2D eigenvalue weighted by Crippen LogP contribution is -2.40. The van der Waals surface area contributed by atoms with Gasteiger partial charge in [0.2, 0.25) is 0 Å². The van der Waals surface area contributed by atoms with E-state index in [-0.39, 0.29) is 17.6 Å². The van der Waals surface area contributed by atoms with Crippen molar-refractivity contribution in [2.24, 2.45) is 0 Å². The van der Waals surface area contributed by atoms with E-state index in [9.17, 15) is 14.0 Å². The van der Waals surface area contributed by atoms with E-state index in [0.29, 0.717) is 50.4 Å². The first-order chi connectivity index (χ1) is 12.6. The first kappa shape index (κ1) is 18.1. The largest absolute Gasteiger partial charge is 0.378 e. The average Bonchev–Trinajstić information content (AvgIpc) is 2.69. The van der Waals surface area contributed by atoms with Crippen LogP contribution in [-0.4, -0.2) is 49.6 Å². The first-order valence-electron chi connectivity index (χ1n) is 8.63. The molecule has 2 aromatic carbocycles. The summed E-state index contributed by atoms with van der Waals surface area (Å²) in [6.07, 6.45) is 0.610. The van der Waals surface area contributed by atoms with Crippen molar-refractivity contribution < 1.29 is 18.7 Å². The Kier molecular flexibility index (Phi) is 5.96. The van der Waals surface area contributed by atoms with Gasteiger partial charge in [0.05, 0.1) is 13.2 Å². The lowest BCUT2D eigenvalue weighted by atomic mass is 10.1. The molecule has 1 aliphatic rings. The minimum atomic E-state index is -0.278. The molecule has 3 rings (SSSR count). The molecule has 0 bridgehead atoms. The van der Waals surface area contributed by atoms with Crippen LogP contribution in [0.15, 0.2) is 48.5 Å². The fourth-order valence-electron chi connectivity index (χ4n) is 2.82. The third kappa shape index (κ3) is 4.67. The Hall–Kier alpha value is -2.73. The molecule has 0 atom stereocenters. The summed E-state index contributed by atoms with van der Waals surface area (Å²) >= 11 is 0. The summed E-state index contributed by atoms with van der Waals surface area (Å²) < 4.78 is 18.1. The van der Waals surface area contributed by atoms with Gasteiger partial charge in [-0.3, -0.25) is 9.59 Å². The summed E-state index contributed by atoms with van der Waals surface area (Å²) in [6, 6.07) is 12.9. The monoisotopic (exact) mass is 356 g/mol. The molecule has 0 saturated carbocycles. The van der Waals surface area contributed by atoms with Gasteiger partial charge in [-0.1, -0.05) is 18.2 Å². The van der Waals surface area contributed by atoms with Gasteiger partial charge in [0.1, 0.15) is 5.82 Å². The van der Waals surface area contributed by atoms with Crippen LogP contribution in [-0.2, 0) is 11.2 Å². The van der Waals surface area contributed by atoms with Crippen molar-refractivity contribution in [2.75, 3.05) is 32.8 Å². The summed E-state index contributed by atoms with van der Waals surface area (Å²) in [5.41, 5.74) is 1.89. The number of nitrogens with zero attached hydrogens (tertiary/aromatic N) is 1. The highest BCUT2D eigenvalue weighted by Gasteiger charge is 2.19. The SMILES string of the molecule is O=C(NCCc1ccc(F)cc1)c1cccc(C(=O)N2CCOCC2)c1. The Morgan fingerprint density at radius 3 is 2.46 bits per heavy atom. The molecular formula is C20H21FN2O3. The minimum Gasteiger partial charge on any atom is -0.378 e. The fourth-order valence-corrected chi connectivity index (χ4v) is 2.82. The van der Waals surface area contributed by atoms with Crippen LogP contribution in [0, 0.1) is 5.82 Å². The zero-order valence-corrected chi connectivity index (χ0v) is 14.4. The highest BCUT2D eigenvalue weighted by molar-refractivity contribution is 5.99. The molecule has 1 aliphatic heterocycles. The third-order valence-electron chi connectivity index (χ3n) is 4.28. The number of hydrogen-bond acceptors (Lipinski definition) is 3. The van der Waals surface area contributed by atoms with Gasteiger partial charge in [-0.15, -0.1) is 0 Å². The van der Waals surface area contributed by atoms with Crippen molar-refractivity contribution in [1.29, 1.82) is 0 Å². The molecule has 1 N–H and O–H groups in total. The molecule has 6 heteroatoms. The second-order valence-electron chi connectivity index (χ2n) is 6.12. The number of rotatable bonds is 5. The molecule has 1 heterocycles. The van der Waals surface area contributed by atoms with Crippen LogP contribution in [0.25, 0.3) is 0 Å². The van der Waals surface area contributed by atoms with Crippen LogP contribution in [0.3, 0.4) is 0 Å². The van der Waals surface area contributed by atoms with E-state index in [1.54, 1.807) is 41.3 Å². The number of carbonyl (C=O) groups excluding carboxylic acids is 2. The number of amides is 2. The zero-order chi connectivity index (χ0) is 18.4. The van der Waals surface area contributed by atoms with Gasteiger partial charge in [0, 0.05) is 30.8 Å². The molecule has 1 saturated heterocycles. The van der Waals surface area contributed by atoms with E-state index in [4.69, 9.17) is 4.74 Å². The number of halogens is 1. The van der Waals surface area contributed by atoms with E-state index < -0.39 is 0 Å². The number of carbonyl (C=O) groups is 2. The Morgan fingerprint density at radius 1 is 1.04 bits per heavy atom. The summed E-state index contributed by atoms with van der Waals surface area (Å²) in [5.74, 6) is -0.600. The van der Waals surface area contributed by atoms with Crippen molar-refractivity contribution in [3.05, 3.63) is 71.0 Å². The molecule has 0 unspecified atom stereocenters. The van der Waals surface area contributed by atoms with Gasteiger partial charge in [0.25, 0.3) is 11.8 Å². The highest BCUT2D eigenvalue weighted by atomic mass is 19.1. The predicted octanol–water partition coefficient (Wildman–Crippen LogP) is 2.27. The lowest BCUT2D eigenvalue weighted by Gasteiger charge is -2.27. The molecule has 1 fully saturated rings. The van der Waals surface area contributed by atoms with Crippen LogP contribution in [0.2, 0.25) is 0 Å². The highest BCUT2D eigenvalue weighted by Crippen LogP contribution is 2.10. The van der Waals surface area contributed by atoms with Gasteiger partial charge < -0.3 is 15.0 Å². The molecular weight excluding hydrogens is 335 g/mol. The smallest absolute Gasteiger partial charge is 0.254 e. The molecule has 136 valence electrons. The quantitative estimate of drug-likeness (QED) is 0.894. The summed E-state index contributed by atoms with van der Waals surface area (Å²) in [7, 11) is 0. The van der Waals surface area contributed by atoms with Crippen molar-refractivity contribution in [2.45, 2.75) is 6.42 Å². The Bertz CT molecular complexity index is 771. The maximum Gasteiger partial charge on any atom is 0.254 e. The number of morpholine rings is 1. The molecule has 0 aliphatic carbocycles. The lowest BCUT2D eigenvalue weighted by molar-refractivity contribution is 0.0303. The number of hydrogen-bond donors (Lipinski definition) is 1. The standard InChI is InChI=1S/C20H21FN2O3/c21-18-6-4-15(5-7-18)8-9-22-19(24)16-2-1-3-17(14-16)20(25)23-10-12-26-13-11-23/h1-7,14H,8-13H2,(H,22,24). The van der Waals surface area contributed by atoms with Crippen molar-refractivity contribution in [3.8, 4) is 0 Å². The predicted molar refractivity (Wildman–Crippen MR) is 95.6 cm³/mol. The van der Waals surface area contributed by atoms with Crippen molar-refractivity contribution in [1.82, 2.24) is 10.2 Å². The van der Waals surface area contributed by atoms with E-state index in [0.717, 1.165) is 5.56 Å². The van der Waals surface area contributed by atoms with E-state index in [1.807, 2.05) is 0 Å². The van der Waals surface area contributed by atoms with Crippen LogP contribution in [0.4, 0.5) is 4.39 Å². The molecule has 0 radical (unpaired) electrons. The Labute approximate surface area is 151 Å². The molecule has 2 amide bonds. The average molecular weight is 356 g/mol. The second-order valence-corrected chi connectivity index (χ2v) is 6.12. The topological polar surface area (TPSA) is 58.6 Å². The number of benzene rings is 2. The maximum atomic E-state index is 12.9. The van der Waals surface area contributed by atoms with Gasteiger partial charge in [-0.2, -0.15) is 0 Å². The van der Waals surface area contributed by atoms with E-state index >= 15 is 0 Å². The Balaban J connectivity index is 1.57. The molecule has 2 aromatic rings.